The molecule has 3 rings (SSSR count). The van der Waals surface area contributed by atoms with E-state index in [0.717, 1.165) is 28.5 Å². The second-order valence-corrected chi connectivity index (χ2v) is 10.8. The molecule has 4 nitrogen and oxygen atoms in total. The highest BCUT2D eigenvalue weighted by molar-refractivity contribution is 14.1. The fourth-order valence-electron chi connectivity index (χ4n) is 2.58. The van der Waals surface area contributed by atoms with Gasteiger partial charge in [-0.1, -0.05) is 28.1 Å². The maximum atomic E-state index is 12.5. The number of hydrogen-bond acceptors (Lipinski definition) is 3. The van der Waals surface area contributed by atoms with Gasteiger partial charge in [-0.05, 0) is 134 Å². The van der Waals surface area contributed by atoms with Crippen molar-refractivity contribution in [1.82, 2.24) is 0 Å². The van der Waals surface area contributed by atoms with E-state index in [1.54, 1.807) is 18.2 Å². The van der Waals surface area contributed by atoms with Gasteiger partial charge in [-0.3, -0.25) is 4.79 Å². The summed E-state index contributed by atoms with van der Waals surface area (Å²) in [6.45, 7) is 0.469. The summed E-state index contributed by atoms with van der Waals surface area (Å²) >= 11 is 10.0. The largest absolute Gasteiger partial charge is 0.487 e. The zero-order valence-corrected chi connectivity index (χ0v) is 23.9. The van der Waals surface area contributed by atoms with Gasteiger partial charge in [0, 0.05) is 13.7 Å². The van der Waals surface area contributed by atoms with Gasteiger partial charge in [0.15, 0.2) is 0 Å². The lowest BCUT2D eigenvalue weighted by atomic mass is 10.1. The molecule has 3 aromatic rings. The van der Waals surface area contributed by atoms with Crippen LogP contribution in [0.5, 0.6) is 5.75 Å². The second kappa shape index (κ2) is 11.6. The van der Waals surface area contributed by atoms with Gasteiger partial charge in [0.05, 0.1) is 7.14 Å². The number of rotatable bonds is 6. The number of carbonyl (C=O) groups is 1. The Hall–Kier alpha value is -1.17. The van der Waals surface area contributed by atoms with E-state index in [1.807, 2.05) is 54.6 Å². The van der Waals surface area contributed by atoms with Crippen LogP contribution in [0, 0.1) is 22.0 Å². The van der Waals surface area contributed by atoms with Crippen LogP contribution in [0.15, 0.2) is 70.7 Å². The Morgan fingerprint density at radius 2 is 1.65 bits per heavy atom. The number of ether oxygens (including phenoxy) is 1. The molecule has 0 aliphatic carbocycles. The summed E-state index contributed by atoms with van der Waals surface area (Å²) in [6.07, 6.45) is 1.58. The Morgan fingerprint density at radius 1 is 1.03 bits per heavy atom. The highest BCUT2D eigenvalue weighted by Gasteiger charge is 2.13. The Morgan fingerprint density at radius 3 is 2.23 bits per heavy atom. The lowest BCUT2D eigenvalue weighted by Gasteiger charge is -2.12. The van der Waals surface area contributed by atoms with Crippen molar-refractivity contribution in [3.63, 3.8) is 0 Å². The van der Waals surface area contributed by atoms with E-state index in [9.17, 15) is 10.1 Å². The number of halogens is 4. The molecule has 0 atom stereocenters. The van der Waals surface area contributed by atoms with Crippen LogP contribution in [0.3, 0.4) is 0 Å². The normalized spacial score (nSPS) is 11.0. The molecule has 0 fully saturated rings. The summed E-state index contributed by atoms with van der Waals surface area (Å²) < 4.78 is 9.94. The molecule has 0 saturated heterocycles. The summed E-state index contributed by atoms with van der Waals surface area (Å²) in [6, 6.07) is 21.2. The molecule has 0 saturated carbocycles. The number of amides is 1. The van der Waals surface area contributed by atoms with Gasteiger partial charge in [0.2, 0.25) is 0 Å². The molecule has 0 aliphatic rings. The van der Waals surface area contributed by atoms with Crippen LogP contribution in [-0.4, -0.2) is 5.91 Å². The van der Waals surface area contributed by atoms with E-state index < -0.39 is 5.91 Å². The molecule has 0 unspecified atom stereocenters. The van der Waals surface area contributed by atoms with Crippen molar-refractivity contribution in [2.24, 2.45) is 0 Å². The van der Waals surface area contributed by atoms with Gasteiger partial charge in [-0.15, -0.1) is 0 Å². The maximum Gasteiger partial charge on any atom is 0.266 e. The monoisotopic (exact) mass is 810 g/mol. The van der Waals surface area contributed by atoms with Crippen LogP contribution in [0.25, 0.3) is 6.08 Å². The van der Waals surface area contributed by atoms with Gasteiger partial charge < -0.3 is 10.1 Å². The van der Waals surface area contributed by atoms with Crippen LogP contribution in [0.4, 0.5) is 5.69 Å². The molecular weight excluding hydrogens is 797 g/mol. The van der Waals surface area contributed by atoms with Gasteiger partial charge >= 0.3 is 0 Å². The van der Waals surface area contributed by atoms with Gasteiger partial charge in [0.25, 0.3) is 5.91 Å². The first-order valence-corrected chi connectivity index (χ1v) is 12.9. The summed E-state index contributed by atoms with van der Waals surface area (Å²) in [5, 5.41) is 12.2. The molecule has 31 heavy (non-hydrogen) atoms. The average Bonchev–Trinajstić information content (AvgIpc) is 2.74. The van der Waals surface area contributed by atoms with Crippen LogP contribution in [-0.2, 0) is 11.4 Å². The van der Waals surface area contributed by atoms with Crippen molar-refractivity contribution in [1.29, 1.82) is 5.26 Å². The number of carbonyl (C=O) groups excluding carboxylic acids is 1. The molecule has 3 aromatic carbocycles. The molecule has 0 aromatic heterocycles. The zero-order chi connectivity index (χ0) is 22.4. The highest BCUT2D eigenvalue weighted by Crippen LogP contribution is 2.30. The number of benzene rings is 3. The second-order valence-electron chi connectivity index (χ2n) is 6.36. The third-order valence-electron chi connectivity index (χ3n) is 4.10. The maximum absolute atomic E-state index is 12.5. The summed E-state index contributed by atoms with van der Waals surface area (Å²) in [5.41, 5.74) is 2.50. The third kappa shape index (κ3) is 7.16. The third-order valence-corrected chi connectivity index (χ3v) is 6.95. The number of hydrogen-bond donors (Lipinski definition) is 1. The first-order chi connectivity index (χ1) is 14.9. The minimum Gasteiger partial charge on any atom is -0.487 e. The van der Waals surface area contributed by atoms with Crippen molar-refractivity contribution in [3.8, 4) is 11.8 Å². The fraction of sp³-hybridized carbons (Fsp3) is 0.0435. The number of nitrogens with one attached hydrogen (secondary N) is 1. The summed E-state index contributed by atoms with van der Waals surface area (Å²) in [5.74, 6) is 0.337. The topological polar surface area (TPSA) is 62.1 Å². The van der Waals surface area contributed by atoms with Crippen LogP contribution >= 0.6 is 83.7 Å². The van der Waals surface area contributed by atoms with Gasteiger partial charge in [-0.2, -0.15) is 5.26 Å². The van der Waals surface area contributed by atoms with Crippen molar-refractivity contribution >= 4 is 101 Å². The van der Waals surface area contributed by atoms with Crippen molar-refractivity contribution in [2.75, 3.05) is 5.32 Å². The van der Waals surface area contributed by atoms with E-state index in [1.165, 1.54) is 3.57 Å². The molecule has 0 bridgehead atoms. The van der Waals surface area contributed by atoms with E-state index >= 15 is 0 Å². The first-order valence-electron chi connectivity index (χ1n) is 8.90. The minimum absolute atomic E-state index is 0.0297. The van der Waals surface area contributed by atoms with Gasteiger partial charge in [-0.25, -0.2) is 0 Å². The Bertz CT molecular complexity index is 1150. The molecule has 156 valence electrons. The molecule has 0 spiro atoms. The molecule has 1 amide bonds. The van der Waals surface area contributed by atoms with Crippen LogP contribution in [0.1, 0.15) is 11.1 Å². The highest BCUT2D eigenvalue weighted by atomic mass is 127. The molecular formula is C23H14BrI3N2O2. The Labute approximate surface area is 230 Å². The number of anilines is 1. The average molecular weight is 811 g/mol. The van der Waals surface area contributed by atoms with E-state index in [2.05, 4.69) is 89.0 Å². The smallest absolute Gasteiger partial charge is 0.266 e. The Balaban J connectivity index is 1.76. The van der Waals surface area contributed by atoms with Crippen molar-refractivity contribution in [2.45, 2.75) is 6.61 Å². The van der Waals surface area contributed by atoms with E-state index in [4.69, 9.17) is 4.74 Å². The number of nitrogens with zero attached hydrogens (tertiary/aromatic N) is 1. The van der Waals surface area contributed by atoms with Crippen LogP contribution in [0.2, 0.25) is 0 Å². The summed E-state index contributed by atoms with van der Waals surface area (Å²) in [7, 11) is 0. The SMILES string of the molecule is N#C/C(=C/c1cc(I)c(OCc2ccc(I)cc2)c(I)c1)C(=O)Nc1ccc(Br)cc1. The predicted molar refractivity (Wildman–Crippen MR) is 152 cm³/mol. The van der Waals surface area contributed by atoms with Crippen LogP contribution < -0.4 is 10.1 Å². The first kappa shape index (κ1) is 24.5. The molecule has 0 heterocycles. The van der Waals surface area contributed by atoms with E-state index in [-0.39, 0.29) is 5.57 Å². The fourth-order valence-corrected chi connectivity index (χ4v) is 5.34. The quantitative estimate of drug-likeness (QED) is 0.161. The molecule has 0 aliphatic heterocycles. The minimum atomic E-state index is -0.450. The van der Waals surface area contributed by atoms with Crippen molar-refractivity contribution in [3.05, 3.63) is 92.5 Å². The summed E-state index contributed by atoms with van der Waals surface area (Å²) in [4.78, 5) is 12.5. The molecule has 8 heteroatoms. The lowest BCUT2D eigenvalue weighted by Crippen LogP contribution is -2.13. The lowest BCUT2D eigenvalue weighted by molar-refractivity contribution is -0.112. The molecule has 0 radical (unpaired) electrons. The Kier molecular flexibility index (Phi) is 9.18. The number of nitriles is 1. The van der Waals surface area contributed by atoms with E-state index in [0.29, 0.717) is 12.3 Å². The predicted octanol–water partition coefficient (Wildman–Crippen LogP) is 7.39. The zero-order valence-electron chi connectivity index (χ0n) is 15.8. The van der Waals surface area contributed by atoms with Crippen molar-refractivity contribution < 1.29 is 9.53 Å². The molecule has 1 N–H and O–H groups in total. The standard InChI is InChI=1S/C23H14BrI3N2O2/c24-17-3-7-19(8-4-17)29-23(30)16(12-28)9-15-10-20(26)22(21(27)11-15)31-13-14-1-5-18(25)6-2-14/h1-11H,13H2,(H,29,30)/b16-9-. The van der Waals surface area contributed by atoms with Gasteiger partial charge in [0.1, 0.15) is 24.0 Å².